The Morgan fingerprint density at radius 1 is 1.00 bits per heavy atom. The highest BCUT2D eigenvalue weighted by molar-refractivity contribution is 7.08. The standard InChI is InChI=1S/C17H15N3OS/c21-17(16-5-9-22-13-16)20(11-14-3-7-18-8-4-14)12-15-2-1-6-19-10-15/h1-10,13H,11-12H2. The van der Waals surface area contributed by atoms with Crippen LogP contribution < -0.4 is 0 Å². The van der Waals surface area contributed by atoms with Crippen LogP contribution in [0.5, 0.6) is 0 Å². The lowest BCUT2D eigenvalue weighted by atomic mass is 10.2. The fourth-order valence-electron chi connectivity index (χ4n) is 2.19. The van der Waals surface area contributed by atoms with E-state index < -0.39 is 0 Å². The lowest BCUT2D eigenvalue weighted by molar-refractivity contribution is 0.0730. The van der Waals surface area contributed by atoms with Gasteiger partial charge in [-0.2, -0.15) is 11.3 Å². The summed E-state index contributed by atoms with van der Waals surface area (Å²) >= 11 is 1.53. The second-order valence-corrected chi connectivity index (χ2v) is 5.67. The average molecular weight is 309 g/mol. The van der Waals surface area contributed by atoms with Crippen molar-refractivity contribution in [2.75, 3.05) is 0 Å². The van der Waals surface area contributed by atoms with E-state index in [2.05, 4.69) is 9.97 Å². The summed E-state index contributed by atoms with van der Waals surface area (Å²) in [5.41, 5.74) is 2.80. The molecule has 4 nitrogen and oxygen atoms in total. The first-order chi connectivity index (χ1) is 10.8. The van der Waals surface area contributed by atoms with Gasteiger partial charge in [0, 0.05) is 43.3 Å². The third-order valence-electron chi connectivity index (χ3n) is 3.27. The Kier molecular flexibility index (Phi) is 4.56. The number of carbonyl (C=O) groups excluding carboxylic acids is 1. The molecule has 0 aliphatic rings. The molecule has 0 aliphatic carbocycles. The SMILES string of the molecule is O=C(c1ccsc1)N(Cc1ccncc1)Cc1cccnc1. The van der Waals surface area contributed by atoms with Crippen molar-refractivity contribution in [3.63, 3.8) is 0 Å². The zero-order chi connectivity index (χ0) is 15.2. The van der Waals surface area contributed by atoms with Crippen LogP contribution in [0.15, 0.2) is 65.9 Å². The van der Waals surface area contributed by atoms with Gasteiger partial charge in [0.1, 0.15) is 0 Å². The molecular weight excluding hydrogens is 294 g/mol. The van der Waals surface area contributed by atoms with Crippen molar-refractivity contribution in [2.45, 2.75) is 13.1 Å². The number of rotatable bonds is 5. The van der Waals surface area contributed by atoms with Crippen molar-refractivity contribution in [3.8, 4) is 0 Å². The molecule has 0 aliphatic heterocycles. The van der Waals surface area contributed by atoms with Gasteiger partial charge in [0.2, 0.25) is 0 Å². The van der Waals surface area contributed by atoms with Crippen LogP contribution in [0.1, 0.15) is 21.5 Å². The minimum absolute atomic E-state index is 0.0296. The molecule has 1 amide bonds. The van der Waals surface area contributed by atoms with Gasteiger partial charge in [-0.25, -0.2) is 0 Å². The van der Waals surface area contributed by atoms with E-state index in [1.807, 2.05) is 46.0 Å². The van der Waals surface area contributed by atoms with Gasteiger partial charge in [0.25, 0.3) is 5.91 Å². The second kappa shape index (κ2) is 6.95. The van der Waals surface area contributed by atoms with Crippen molar-refractivity contribution < 1.29 is 4.79 Å². The molecule has 0 bridgehead atoms. The van der Waals surface area contributed by atoms with Gasteiger partial charge < -0.3 is 4.90 Å². The predicted molar refractivity (Wildman–Crippen MR) is 86.4 cm³/mol. The van der Waals surface area contributed by atoms with Crippen LogP contribution in [-0.2, 0) is 13.1 Å². The Morgan fingerprint density at radius 2 is 1.82 bits per heavy atom. The van der Waals surface area contributed by atoms with Crippen LogP contribution in [-0.4, -0.2) is 20.8 Å². The quantitative estimate of drug-likeness (QED) is 0.726. The monoisotopic (exact) mass is 309 g/mol. The molecule has 0 N–H and O–H groups in total. The van der Waals surface area contributed by atoms with Crippen molar-refractivity contribution >= 4 is 17.2 Å². The molecule has 110 valence electrons. The third-order valence-corrected chi connectivity index (χ3v) is 3.96. The van der Waals surface area contributed by atoms with Crippen LogP contribution in [0.25, 0.3) is 0 Å². The molecule has 0 unspecified atom stereocenters. The van der Waals surface area contributed by atoms with Crippen molar-refractivity contribution in [1.29, 1.82) is 0 Å². The molecular formula is C17H15N3OS. The number of aromatic nitrogens is 2. The molecule has 22 heavy (non-hydrogen) atoms. The van der Waals surface area contributed by atoms with Crippen molar-refractivity contribution in [3.05, 3.63) is 82.6 Å². The van der Waals surface area contributed by atoms with Gasteiger partial charge >= 0.3 is 0 Å². The number of thiophene rings is 1. The molecule has 0 aromatic carbocycles. The van der Waals surface area contributed by atoms with E-state index in [0.29, 0.717) is 13.1 Å². The number of pyridine rings is 2. The summed E-state index contributed by atoms with van der Waals surface area (Å²) in [5.74, 6) is 0.0296. The number of hydrogen-bond acceptors (Lipinski definition) is 4. The summed E-state index contributed by atoms with van der Waals surface area (Å²) in [6.07, 6.45) is 7.01. The summed E-state index contributed by atoms with van der Waals surface area (Å²) in [4.78, 5) is 22.7. The maximum Gasteiger partial charge on any atom is 0.255 e. The molecule has 0 fully saturated rings. The average Bonchev–Trinajstić information content (AvgIpc) is 3.10. The molecule has 0 radical (unpaired) electrons. The Balaban J connectivity index is 1.83. The van der Waals surface area contributed by atoms with E-state index >= 15 is 0 Å². The molecule has 3 aromatic heterocycles. The van der Waals surface area contributed by atoms with Crippen LogP contribution in [0.4, 0.5) is 0 Å². The fourth-order valence-corrected chi connectivity index (χ4v) is 2.82. The zero-order valence-corrected chi connectivity index (χ0v) is 12.7. The normalized spacial score (nSPS) is 10.4. The topological polar surface area (TPSA) is 46.1 Å². The summed E-state index contributed by atoms with van der Waals surface area (Å²) in [7, 11) is 0. The van der Waals surface area contributed by atoms with Crippen LogP contribution in [0, 0.1) is 0 Å². The fraction of sp³-hybridized carbons (Fsp3) is 0.118. The van der Waals surface area contributed by atoms with E-state index in [1.165, 1.54) is 11.3 Å². The molecule has 0 saturated carbocycles. The first kappa shape index (κ1) is 14.4. The van der Waals surface area contributed by atoms with Crippen molar-refractivity contribution in [1.82, 2.24) is 14.9 Å². The summed E-state index contributed by atoms with van der Waals surface area (Å²) in [6.45, 7) is 1.08. The number of carbonyl (C=O) groups is 1. The molecule has 0 saturated heterocycles. The Morgan fingerprint density at radius 3 is 2.50 bits per heavy atom. The van der Waals surface area contributed by atoms with Gasteiger partial charge in [-0.05, 0) is 40.8 Å². The summed E-state index contributed by atoms with van der Waals surface area (Å²) < 4.78 is 0. The van der Waals surface area contributed by atoms with Gasteiger partial charge in [-0.15, -0.1) is 0 Å². The van der Waals surface area contributed by atoms with Gasteiger partial charge in [-0.3, -0.25) is 14.8 Å². The molecule has 0 spiro atoms. The Labute approximate surface area is 133 Å². The van der Waals surface area contributed by atoms with Gasteiger partial charge in [0.15, 0.2) is 0 Å². The Hall–Kier alpha value is -2.53. The molecule has 0 atom stereocenters. The molecule has 3 rings (SSSR count). The maximum absolute atomic E-state index is 12.7. The van der Waals surface area contributed by atoms with Crippen LogP contribution >= 0.6 is 11.3 Å². The minimum Gasteiger partial charge on any atom is -0.330 e. The summed E-state index contributed by atoms with van der Waals surface area (Å²) in [5, 5.41) is 3.80. The zero-order valence-electron chi connectivity index (χ0n) is 11.9. The predicted octanol–water partition coefficient (Wildman–Crippen LogP) is 3.38. The van der Waals surface area contributed by atoms with E-state index in [0.717, 1.165) is 16.7 Å². The minimum atomic E-state index is 0.0296. The first-order valence-electron chi connectivity index (χ1n) is 6.92. The lowest BCUT2D eigenvalue weighted by Crippen LogP contribution is -2.29. The van der Waals surface area contributed by atoms with Gasteiger partial charge in [0.05, 0.1) is 5.56 Å². The van der Waals surface area contributed by atoms with Crippen molar-refractivity contribution in [2.24, 2.45) is 0 Å². The largest absolute Gasteiger partial charge is 0.330 e. The van der Waals surface area contributed by atoms with E-state index in [4.69, 9.17) is 0 Å². The molecule has 5 heteroatoms. The number of nitrogens with zero attached hydrogens (tertiary/aromatic N) is 3. The highest BCUT2D eigenvalue weighted by atomic mass is 32.1. The first-order valence-corrected chi connectivity index (χ1v) is 7.86. The summed E-state index contributed by atoms with van der Waals surface area (Å²) in [6, 6.07) is 9.58. The number of amides is 1. The van der Waals surface area contributed by atoms with E-state index in [-0.39, 0.29) is 5.91 Å². The Bertz CT molecular complexity index is 673. The van der Waals surface area contributed by atoms with Crippen LogP contribution in [0.2, 0.25) is 0 Å². The van der Waals surface area contributed by atoms with Crippen LogP contribution in [0.3, 0.4) is 0 Å². The number of hydrogen-bond donors (Lipinski definition) is 0. The van der Waals surface area contributed by atoms with E-state index in [1.54, 1.807) is 24.8 Å². The molecule has 3 aromatic rings. The maximum atomic E-state index is 12.7. The third kappa shape index (κ3) is 3.56. The smallest absolute Gasteiger partial charge is 0.255 e. The second-order valence-electron chi connectivity index (χ2n) is 4.89. The highest BCUT2D eigenvalue weighted by Gasteiger charge is 2.17. The van der Waals surface area contributed by atoms with Gasteiger partial charge in [-0.1, -0.05) is 6.07 Å². The highest BCUT2D eigenvalue weighted by Crippen LogP contribution is 2.15. The van der Waals surface area contributed by atoms with E-state index in [9.17, 15) is 4.79 Å². The lowest BCUT2D eigenvalue weighted by Gasteiger charge is -2.22. The molecule has 3 heterocycles.